The molecule has 3 unspecified atom stereocenters. The number of nitrogens with zero attached hydrogens (tertiary/aromatic N) is 2. The smallest absolute Gasteiger partial charge is 0.255 e. The number of morpholine rings is 1. The molecule has 0 bridgehead atoms. The van der Waals surface area contributed by atoms with E-state index in [1.807, 2.05) is 42.2 Å². The van der Waals surface area contributed by atoms with Gasteiger partial charge in [0.05, 0.1) is 18.5 Å². The number of benzene rings is 2. The minimum atomic E-state index is -0.454. The maximum Gasteiger partial charge on any atom is 0.255 e. The van der Waals surface area contributed by atoms with Crippen molar-refractivity contribution >= 4 is 35.2 Å². The first-order valence-electron chi connectivity index (χ1n) is 9.66. The van der Waals surface area contributed by atoms with Gasteiger partial charge in [-0.1, -0.05) is 41.9 Å². The summed E-state index contributed by atoms with van der Waals surface area (Å²) >= 11 is 7.54. The lowest BCUT2D eigenvalue weighted by atomic mass is 10.1. The number of rotatable bonds is 3. The summed E-state index contributed by atoms with van der Waals surface area (Å²) in [6.45, 7) is 3.01. The Kier molecular flexibility index (Phi) is 6.13. The summed E-state index contributed by atoms with van der Waals surface area (Å²) in [7, 11) is 0. The van der Waals surface area contributed by atoms with Crippen LogP contribution in [-0.2, 0) is 9.53 Å². The molecule has 0 aromatic heterocycles. The molecule has 29 heavy (non-hydrogen) atoms. The fourth-order valence-corrected chi connectivity index (χ4v) is 5.07. The van der Waals surface area contributed by atoms with Crippen molar-refractivity contribution in [1.82, 2.24) is 9.80 Å². The molecule has 0 N–H and O–H groups in total. The van der Waals surface area contributed by atoms with E-state index in [4.69, 9.17) is 16.3 Å². The number of hydrogen-bond acceptors (Lipinski definition) is 4. The van der Waals surface area contributed by atoms with Crippen molar-refractivity contribution in [2.45, 2.75) is 25.2 Å². The van der Waals surface area contributed by atoms with E-state index in [0.29, 0.717) is 35.3 Å². The molecule has 0 radical (unpaired) electrons. The topological polar surface area (TPSA) is 49.9 Å². The lowest BCUT2D eigenvalue weighted by Gasteiger charge is -2.39. The number of halogens is 1. The van der Waals surface area contributed by atoms with Gasteiger partial charge < -0.3 is 14.5 Å². The van der Waals surface area contributed by atoms with Crippen LogP contribution in [0.1, 0.15) is 28.9 Å². The number of carbonyl (C=O) groups is 2. The first-order valence-corrected chi connectivity index (χ1v) is 11.2. The van der Waals surface area contributed by atoms with Gasteiger partial charge in [0.25, 0.3) is 5.91 Å². The van der Waals surface area contributed by atoms with Crippen LogP contribution < -0.4 is 0 Å². The quantitative estimate of drug-likeness (QED) is 0.742. The second-order valence-corrected chi connectivity index (χ2v) is 8.82. The van der Waals surface area contributed by atoms with Crippen LogP contribution in [0.25, 0.3) is 0 Å². The molecule has 2 aliphatic heterocycles. The van der Waals surface area contributed by atoms with E-state index in [0.717, 1.165) is 5.56 Å². The predicted octanol–water partition coefficient (Wildman–Crippen LogP) is 3.84. The predicted molar refractivity (Wildman–Crippen MR) is 115 cm³/mol. The molecule has 2 heterocycles. The van der Waals surface area contributed by atoms with Crippen LogP contribution in [-0.4, -0.2) is 58.5 Å². The molecule has 7 heteroatoms. The Bertz CT molecular complexity index is 877. The standard InChI is InChI=1S/C22H23ClN2O3S/c1-15-11-24(12-20(28-15)16-5-3-2-4-6-16)22(27)19-13-29-14-25(19)21(26)17-7-9-18(23)10-8-17/h2-10,15,19-20H,11-14H2,1H3. The van der Waals surface area contributed by atoms with Crippen molar-refractivity contribution in [2.75, 3.05) is 24.7 Å². The minimum Gasteiger partial charge on any atom is -0.367 e. The molecule has 2 aliphatic rings. The maximum absolute atomic E-state index is 13.4. The number of thioether (sulfide) groups is 1. The monoisotopic (exact) mass is 430 g/mol. The third kappa shape index (κ3) is 4.44. The van der Waals surface area contributed by atoms with Crippen molar-refractivity contribution < 1.29 is 14.3 Å². The zero-order chi connectivity index (χ0) is 20.4. The summed E-state index contributed by atoms with van der Waals surface area (Å²) < 4.78 is 6.08. The van der Waals surface area contributed by atoms with E-state index >= 15 is 0 Å². The molecule has 2 fully saturated rings. The zero-order valence-electron chi connectivity index (χ0n) is 16.2. The molecule has 2 amide bonds. The summed E-state index contributed by atoms with van der Waals surface area (Å²) in [4.78, 5) is 29.9. The summed E-state index contributed by atoms with van der Waals surface area (Å²) in [5.41, 5.74) is 1.61. The van der Waals surface area contributed by atoms with Crippen LogP contribution in [0.2, 0.25) is 5.02 Å². The number of ether oxygens (including phenoxy) is 1. The Morgan fingerprint density at radius 2 is 1.79 bits per heavy atom. The Labute approximate surface area is 180 Å². The van der Waals surface area contributed by atoms with Crippen molar-refractivity contribution in [3.8, 4) is 0 Å². The van der Waals surface area contributed by atoms with Gasteiger partial charge in [0.1, 0.15) is 12.1 Å². The number of hydrogen-bond donors (Lipinski definition) is 0. The largest absolute Gasteiger partial charge is 0.367 e. The lowest BCUT2D eigenvalue weighted by molar-refractivity contribution is -0.148. The highest BCUT2D eigenvalue weighted by atomic mass is 35.5. The summed E-state index contributed by atoms with van der Waals surface area (Å²) in [6, 6.07) is 16.3. The second-order valence-electron chi connectivity index (χ2n) is 7.39. The normalized spacial score (nSPS) is 24.6. The zero-order valence-corrected chi connectivity index (χ0v) is 17.7. The third-order valence-corrected chi connectivity index (χ3v) is 6.53. The highest BCUT2D eigenvalue weighted by molar-refractivity contribution is 7.99. The van der Waals surface area contributed by atoms with Gasteiger partial charge in [0.15, 0.2) is 0 Å². The molecule has 2 aromatic rings. The highest BCUT2D eigenvalue weighted by Crippen LogP contribution is 2.29. The van der Waals surface area contributed by atoms with Crippen molar-refractivity contribution in [1.29, 1.82) is 0 Å². The molecule has 0 spiro atoms. The van der Waals surface area contributed by atoms with Crippen molar-refractivity contribution in [2.24, 2.45) is 0 Å². The van der Waals surface area contributed by atoms with Crippen LogP contribution >= 0.6 is 23.4 Å². The maximum atomic E-state index is 13.4. The molecule has 0 saturated carbocycles. The Hall–Kier alpha value is -2.02. The molecule has 3 atom stereocenters. The molecule has 0 aliphatic carbocycles. The molecule has 152 valence electrons. The summed E-state index contributed by atoms with van der Waals surface area (Å²) in [6.07, 6.45) is -0.217. The average molecular weight is 431 g/mol. The van der Waals surface area contributed by atoms with Crippen molar-refractivity contribution in [3.63, 3.8) is 0 Å². The van der Waals surface area contributed by atoms with Gasteiger partial charge in [-0.2, -0.15) is 0 Å². The molecular weight excluding hydrogens is 408 g/mol. The van der Waals surface area contributed by atoms with Gasteiger partial charge in [0.2, 0.25) is 5.91 Å². The number of carbonyl (C=O) groups excluding carboxylic acids is 2. The summed E-state index contributed by atoms with van der Waals surface area (Å²) in [5, 5.41) is 0.583. The van der Waals surface area contributed by atoms with Crippen LogP contribution in [0, 0.1) is 0 Å². The first kappa shape index (κ1) is 20.3. The molecule has 2 saturated heterocycles. The van der Waals surface area contributed by atoms with E-state index in [-0.39, 0.29) is 24.0 Å². The number of amides is 2. The average Bonchev–Trinajstić information content (AvgIpc) is 3.23. The van der Waals surface area contributed by atoms with Gasteiger partial charge in [-0.15, -0.1) is 11.8 Å². The summed E-state index contributed by atoms with van der Waals surface area (Å²) in [5.74, 6) is 0.985. The van der Waals surface area contributed by atoms with Gasteiger partial charge in [-0.3, -0.25) is 9.59 Å². The van der Waals surface area contributed by atoms with Crippen molar-refractivity contribution in [3.05, 3.63) is 70.7 Å². The highest BCUT2D eigenvalue weighted by Gasteiger charge is 2.40. The SMILES string of the molecule is CC1CN(C(=O)C2CSCN2C(=O)c2ccc(Cl)cc2)CC(c2ccccc2)O1. The fraction of sp³-hybridized carbons (Fsp3) is 0.364. The molecule has 4 rings (SSSR count). The second kappa shape index (κ2) is 8.78. The van der Waals surface area contributed by atoms with Gasteiger partial charge in [-0.25, -0.2) is 0 Å². The lowest BCUT2D eigenvalue weighted by Crippen LogP contribution is -2.54. The van der Waals surface area contributed by atoms with E-state index in [1.165, 1.54) is 0 Å². The Morgan fingerprint density at radius 1 is 1.07 bits per heavy atom. The fourth-order valence-electron chi connectivity index (χ4n) is 3.80. The van der Waals surface area contributed by atoms with Crippen LogP contribution in [0.15, 0.2) is 54.6 Å². The van der Waals surface area contributed by atoms with Crippen LogP contribution in [0.5, 0.6) is 0 Å². The Balaban J connectivity index is 1.50. The van der Waals surface area contributed by atoms with Gasteiger partial charge >= 0.3 is 0 Å². The Morgan fingerprint density at radius 3 is 2.52 bits per heavy atom. The van der Waals surface area contributed by atoms with E-state index in [2.05, 4.69) is 0 Å². The molecule has 2 aromatic carbocycles. The minimum absolute atomic E-state index is 0.00612. The first-order chi connectivity index (χ1) is 14.0. The molecule has 5 nitrogen and oxygen atoms in total. The third-order valence-electron chi connectivity index (χ3n) is 5.26. The van der Waals surface area contributed by atoms with E-state index in [9.17, 15) is 9.59 Å². The van der Waals surface area contributed by atoms with Gasteiger partial charge in [-0.05, 0) is 36.8 Å². The van der Waals surface area contributed by atoms with Gasteiger partial charge in [0, 0.05) is 22.9 Å². The van der Waals surface area contributed by atoms with E-state index < -0.39 is 6.04 Å². The van der Waals surface area contributed by atoms with E-state index in [1.54, 1.807) is 40.9 Å². The van der Waals surface area contributed by atoms with Crippen LogP contribution in [0.3, 0.4) is 0 Å². The molecular formula is C22H23ClN2O3S. The van der Waals surface area contributed by atoms with Crippen LogP contribution in [0.4, 0.5) is 0 Å².